The van der Waals surface area contributed by atoms with Crippen LogP contribution in [-0.2, 0) is 0 Å². The molecule has 2 aliphatic rings. The van der Waals surface area contributed by atoms with Crippen LogP contribution in [0.4, 0.5) is 5.69 Å². The lowest BCUT2D eigenvalue weighted by molar-refractivity contribution is 0.112. The summed E-state index contributed by atoms with van der Waals surface area (Å²) in [5.41, 5.74) is 1.87. The topological polar surface area (TPSA) is 23.6 Å². The summed E-state index contributed by atoms with van der Waals surface area (Å²) in [4.78, 5) is 16.3. The van der Waals surface area contributed by atoms with E-state index in [0.717, 1.165) is 35.1 Å². The molecule has 0 bridgehead atoms. The van der Waals surface area contributed by atoms with Crippen molar-refractivity contribution < 1.29 is 4.79 Å². The average molecular weight is 323 g/mol. The molecule has 0 N–H and O–H groups in total. The molecule has 1 aromatic carbocycles. The molecule has 3 nitrogen and oxygen atoms in total. The molecule has 2 aliphatic heterocycles. The zero-order valence-corrected chi connectivity index (χ0v) is 12.8. The van der Waals surface area contributed by atoms with Crippen LogP contribution in [0.3, 0.4) is 0 Å². The van der Waals surface area contributed by atoms with E-state index < -0.39 is 0 Å². The first-order valence-electron chi connectivity index (χ1n) is 6.94. The third-order valence-electron chi connectivity index (χ3n) is 4.36. The van der Waals surface area contributed by atoms with Crippen LogP contribution < -0.4 is 4.90 Å². The number of benzene rings is 1. The maximum Gasteiger partial charge on any atom is 0.152 e. The van der Waals surface area contributed by atoms with Crippen molar-refractivity contribution in [2.75, 3.05) is 24.5 Å². The summed E-state index contributed by atoms with van der Waals surface area (Å²) in [6, 6.07) is 7.13. The number of piperazine rings is 1. The van der Waals surface area contributed by atoms with Gasteiger partial charge in [-0.1, -0.05) is 15.9 Å². The second-order valence-corrected chi connectivity index (χ2v) is 6.53. The summed E-state index contributed by atoms with van der Waals surface area (Å²) in [5, 5.41) is 0. The molecule has 0 saturated carbocycles. The number of nitrogens with zero attached hydrogens (tertiary/aromatic N) is 2. The van der Waals surface area contributed by atoms with Crippen LogP contribution in [-0.4, -0.2) is 42.9 Å². The first kappa shape index (κ1) is 13.1. The Morgan fingerprint density at radius 3 is 3.00 bits per heavy atom. The van der Waals surface area contributed by atoms with Crippen molar-refractivity contribution in [3.05, 3.63) is 28.2 Å². The number of hydrogen-bond acceptors (Lipinski definition) is 3. The molecule has 0 amide bonds. The Kier molecular flexibility index (Phi) is 3.63. The number of carbonyl (C=O) groups excluding carboxylic acids is 1. The van der Waals surface area contributed by atoms with Crippen LogP contribution in [0.25, 0.3) is 0 Å². The smallest absolute Gasteiger partial charge is 0.152 e. The van der Waals surface area contributed by atoms with Crippen LogP contribution in [0.5, 0.6) is 0 Å². The van der Waals surface area contributed by atoms with Crippen LogP contribution in [0, 0.1) is 0 Å². The molecule has 0 radical (unpaired) electrons. The van der Waals surface area contributed by atoms with E-state index in [2.05, 4.69) is 38.7 Å². The minimum Gasteiger partial charge on any atom is -0.365 e. The number of anilines is 1. The predicted molar refractivity (Wildman–Crippen MR) is 80.9 cm³/mol. The Balaban J connectivity index is 1.90. The number of rotatable bonds is 2. The quantitative estimate of drug-likeness (QED) is 0.782. The first-order valence-corrected chi connectivity index (χ1v) is 7.74. The van der Waals surface area contributed by atoms with Crippen molar-refractivity contribution in [2.24, 2.45) is 0 Å². The molecule has 19 heavy (non-hydrogen) atoms. The van der Waals surface area contributed by atoms with Crippen molar-refractivity contribution in [3.8, 4) is 0 Å². The summed E-state index contributed by atoms with van der Waals surface area (Å²) in [6.45, 7) is 5.65. The lowest BCUT2D eigenvalue weighted by Gasteiger charge is -2.44. The van der Waals surface area contributed by atoms with Crippen LogP contribution in [0.2, 0.25) is 0 Å². The van der Waals surface area contributed by atoms with E-state index in [0.29, 0.717) is 12.1 Å². The monoisotopic (exact) mass is 322 g/mol. The van der Waals surface area contributed by atoms with E-state index >= 15 is 0 Å². The Hall–Kier alpha value is -0.870. The standard InChI is InChI=1S/C15H19BrN2O/c1-11-8-17-6-2-3-14(17)9-18(11)15-5-4-13(16)7-12(15)10-19/h4-5,7,10-11,14H,2-3,6,8-9H2,1H3. The van der Waals surface area contributed by atoms with Crippen molar-refractivity contribution in [1.82, 2.24) is 4.90 Å². The maximum absolute atomic E-state index is 11.3. The molecular formula is C15H19BrN2O. The molecule has 2 saturated heterocycles. The van der Waals surface area contributed by atoms with E-state index in [4.69, 9.17) is 0 Å². The van der Waals surface area contributed by atoms with Gasteiger partial charge in [0.2, 0.25) is 0 Å². The predicted octanol–water partition coefficient (Wildman–Crippen LogP) is 2.93. The number of hydrogen-bond donors (Lipinski definition) is 0. The van der Waals surface area contributed by atoms with E-state index in [1.54, 1.807) is 0 Å². The van der Waals surface area contributed by atoms with Gasteiger partial charge in [0, 0.05) is 40.9 Å². The number of carbonyl (C=O) groups is 1. The molecule has 0 aliphatic carbocycles. The molecule has 102 valence electrons. The largest absolute Gasteiger partial charge is 0.365 e. The van der Waals surface area contributed by atoms with Crippen molar-refractivity contribution >= 4 is 27.9 Å². The SMILES string of the molecule is CC1CN2CCCC2CN1c1ccc(Br)cc1C=O. The maximum atomic E-state index is 11.3. The molecular weight excluding hydrogens is 304 g/mol. The van der Waals surface area contributed by atoms with Crippen molar-refractivity contribution in [1.29, 1.82) is 0 Å². The first-order chi connectivity index (χ1) is 9.19. The molecule has 2 atom stereocenters. The van der Waals surface area contributed by atoms with Gasteiger partial charge in [0.25, 0.3) is 0 Å². The number of fused-ring (bicyclic) bond motifs is 1. The van der Waals surface area contributed by atoms with Gasteiger partial charge in [0.05, 0.1) is 0 Å². The zero-order chi connectivity index (χ0) is 13.4. The summed E-state index contributed by atoms with van der Waals surface area (Å²) >= 11 is 3.44. The molecule has 1 aromatic rings. The molecule has 2 fully saturated rings. The third kappa shape index (κ3) is 2.43. The number of halogens is 1. The Bertz CT molecular complexity index is 491. The van der Waals surface area contributed by atoms with Gasteiger partial charge in [0.15, 0.2) is 6.29 Å². The van der Waals surface area contributed by atoms with Crippen LogP contribution >= 0.6 is 15.9 Å². The third-order valence-corrected chi connectivity index (χ3v) is 4.86. The van der Waals surface area contributed by atoms with Gasteiger partial charge >= 0.3 is 0 Å². The average Bonchev–Trinajstić information content (AvgIpc) is 2.85. The van der Waals surface area contributed by atoms with Gasteiger partial charge in [-0.25, -0.2) is 0 Å². The fraction of sp³-hybridized carbons (Fsp3) is 0.533. The normalized spacial score (nSPS) is 27.4. The molecule has 2 heterocycles. The molecule has 0 aromatic heterocycles. The van der Waals surface area contributed by atoms with Crippen molar-refractivity contribution in [2.45, 2.75) is 31.8 Å². The second kappa shape index (κ2) is 5.25. The van der Waals surface area contributed by atoms with Gasteiger partial charge in [-0.3, -0.25) is 9.69 Å². The fourth-order valence-electron chi connectivity index (χ4n) is 3.40. The molecule has 4 heteroatoms. The highest BCUT2D eigenvalue weighted by Crippen LogP contribution is 2.31. The van der Waals surface area contributed by atoms with E-state index in [-0.39, 0.29) is 0 Å². The highest BCUT2D eigenvalue weighted by molar-refractivity contribution is 9.10. The highest BCUT2D eigenvalue weighted by Gasteiger charge is 2.34. The Labute approximate surface area is 122 Å². The summed E-state index contributed by atoms with van der Waals surface area (Å²) in [6.07, 6.45) is 3.57. The molecule has 2 unspecified atom stereocenters. The van der Waals surface area contributed by atoms with Gasteiger partial charge in [-0.05, 0) is 44.5 Å². The minimum absolute atomic E-state index is 0.467. The van der Waals surface area contributed by atoms with Crippen LogP contribution in [0.1, 0.15) is 30.1 Å². The van der Waals surface area contributed by atoms with Gasteiger partial charge in [0.1, 0.15) is 0 Å². The Morgan fingerprint density at radius 2 is 2.21 bits per heavy atom. The number of aldehydes is 1. The zero-order valence-electron chi connectivity index (χ0n) is 11.2. The minimum atomic E-state index is 0.467. The second-order valence-electron chi connectivity index (χ2n) is 5.61. The Morgan fingerprint density at radius 1 is 1.37 bits per heavy atom. The lowest BCUT2D eigenvalue weighted by atomic mass is 10.0. The fourth-order valence-corrected chi connectivity index (χ4v) is 3.78. The van der Waals surface area contributed by atoms with Gasteiger partial charge in [-0.2, -0.15) is 0 Å². The van der Waals surface area contributed by atoms with Gasteiger partial charge < -0.3 is 4.90 Å². The summed E-state index contributed by atoms with van der Waals surface area (Å²) < 4.78 is 0.963. The van der Waals surface area contributed by atoms with E-state index in [9.17, 15) is 4.79 Å². The van der Waals surface area contributed by atoms with Crippen LogP contribution in [0.15, 0.2) is 22.7 Å². The molecule has 0 spiro atoms. The highest BCUT2D eigenvalue weighted by atomic mass is 79.9. The van der Waals surface area contributed by atoms with E-state index in [1.165, 1.54) is 19.4 Å². The van der Waals surface area contributed by atoms with Crippen molar-refractivity contribution in [3.63, 3.8) is 0 Å². The van der Waals surface area contributed by atoms with E-state index in [1.807, 2.05) is 12.1 Å². The van der Waals surface area contributed by atoms with Gasteiger partial charge in [-0.15, -0.1) is 0 Å². The molecule has 3 rings (SSSR count). The summed E-state index contributed by atoms with van der Waals surface area (Å²) in [7, 11) is 0. The lowest BCUT2D eigenvalue weighted by Crippen LogP contribution is -2.55. The summed E-state index contributed by atoms with van der Waals surface area (Å²) in [5.74, 6) is 0.